The van der Waals surface area contributed by atoms with Crippen molar-refractivity contribution < 1.29 is 8.42 Å². The molecule has 1 fully saturated rings. The second-order valence-corrected chi connectivity index (χ2v) is 11.8. The van der Waals surface area contributed by atoms with Gasteiger partial charge < -0.3 is 10.2 Å². The number of sulfonamides is 1. The van der Waals surface area contributed by atoms with Gasteiger partial charge in [-0.3, -0.25) is 4.68 Å². The minimum Gasteiger partial charge on any atom is -0.355 e. The van der Waals surface area contributed by atoms with Gasteiger partial charge in [-0.05, 0) is 29.0 Å². The van der Waals surface area contributed by atoms with Gasteiger partial charge in [-0.25, -0.2) is 33.1 Å². The lowest BCUT2D eigenvalue weighted by atomic mass is 9.96. The molecular weight excluding hydrogens is 514 g/mol. The van der Waals surface area contributed by atoms with Crippen molar-refractivity contribution in [3.05, 3.63) is 47.6 Å². The van der Waals surface area contributed by atoms with Crippen molar-refractivity contribution in [2.75, 3.05) is 36.1 Å². The van der Waals surface area contributed by atoms with Gasteiger partial charge in [0.1, 0.15) is 17.5 Å². The lowest BCUT2D eigenvalue weighted by Gasteiger charge is -2.40. The summed E-state index contributed by atoms with van der Waals surface area (Å²) in [5, 5.41) is 9.78. The van der Waals surface area contributed by atoms with Gasteiger partial charge in [0.2, 0.25) is 10.0 Å². The van der Waals surface area contributed by atoms with Crippen molar-refractivity contribution in [2.24, 2.45) is 13.0 Å². The van der Waals surface area contributed by atoms with Gasteiger partial charge in [0.25, 0.3) is 0 Å². The smallest absolute Gasteiger partial charge is 0.208 e. The molecule has 37 heavy (non-hydrogen) atoms. The molecule has 0 aliphatic carbocycles. The zero-order chi connectivity index (χ0) is 26.3. The van der Waals surface area contributed by atoms with E-state index in [4.69, 9.17) is 16.6 Å². The maximum Gasteiger partial charge on any atom is 0.208 e. The Bertz CT molecular complexity index is 1570. The maximum absolute atomic E-state index is 11.4. The average molecular weight is 542 g/mol. The quantitative estimate of drug-likeness (QED) is 0.345. The highest BCUT2D eigenvalue weighted by Gasteiger charge is 2.30. The second kappa shape index (κ2) is 9.84. The number of pyridine rings is 2. The van der Waals surface area contributed by atoms with Crippen molar-refractivity contribution in [1.82, 2.24) is 34.4 Å². The van der Waals surface area contributed by atoms with Crippen molar-refractivity contribution in [1.29, 1.82) is 0 Å². The summed E-state index contributed by atoms with van der Waals surface area (Å²) in [4.78, 5) is 20.5. The van der Waals surface area contributed by atoms with Crippen molar-refractivity contribution in [3.8, 4) is 11.4 Å². The van der Waals surface area contributed by atoms with Gasteiger partial charge in [-0.15, -0.1) is 0 Å². The Balaban J connectivity index is 1.41. The molecule has 0 aromatic carbocycles. The van der Waals surface area contributed by atoms with E-state index in [1.165, 1.54) is 6.26 Å². The Labute approximate surface area is 220 Å². The van der Waals surface area contributed by atoms with E-state index in [1.54, 1.807) is 30.2 Å². The van der Waals surface area contributed by atoms with E-state index in [1.807, 2.05) is 18.5 Å². The maximum atomic E-state index is 11.4. The molecule has 5 rings (SSSR count). The van der Waals surface area contributed by atoms with E-state index in [0.29, 0.717) is 34.7 Å². The highest BCUT2D eigenvalue weighted by Crippen LogP contribution is 2.35. The molecule has 0 spiro atoms. The molecule has 0 amide bonds. The highest BCUT2D eigenvalue weighted by molar-refractivity contribution is 7.88. The van der Waals surface area contributed by atoms with E-state index in [2.05, 4.69) is 48.8 Å². The first-order valence-electron chi connectivity index (χ1n) is 11.8. The van der Waals surface area contributed by atoms with Gasteiger partial charge in [0.15, 0.2) is 11.0 Å². The topological polar surface area (TPSA) is 131 Å². The summed E-state index contributed by atoms with van der Waals surface area (Å²) in [6.45, 7) is 6.15. The Kier molecular flexibility index (Phi) is 6.73. The molecule has 0 atom stereocenters. The molecule has 1 aliphatic heterocycles. The summed E-state index contributed by atoms with van der Waals surface area (Å²) in [6.07, 6.45) is 8.36. The van der Waals surface area contributed by atoms with Crippen LogP contribution in [0.3, 0.4) is 0 Å². The molecule has 1 saturated heterocycles. The first-order chi connectivity index (χ1) is 17.6. The van der Waals surface area contributed by atoms with Gasteiger partial charge >= 0.3 is 0 Å². The van der Waals surface area contributed by atoms with Crippen LogP contribution in [-0.2, 0) is 17.1 Å². The lowest BCUT2D eigenvalue weighted by Crippen LogP contribution is -2.51. The molecule has 2 N–H and O–H groups in total. The molecule has 4 aromatic rings. The zero-order valence-electron chi connectivity index (χ0n) is 21.0. The van der Waals surface area contributed by atoms with Gasteiger partial charge in [-0.1, -0.05) is 25.4 Å². The standard InChI is InChI=1S/C24H28ClN9O2S/c1-14(2)17-9-28-24(34-11-15(12-34)8-29-37(4,35)36)18-10-27-21(7-16(17)18)30-20-5-6-26-23(31-20)19-13-33(3)32-22(19)25/h5-7,9-10,13-15,29H,8,11-12H2,1-4H3,(H,26,27,30,31). The van der Waals surface area contributed by atoms with Crippen LogP contribution in [0.1, 0.15) is 25.3 Å². The summed E-state index contributed by atoms with van der Waals surface area (Å²) in [5.74, 6) is 3.06. The molecule has 0 saturated carbocycles. The minimum absolute atomic E-state index is 0.241. The van der Waals surface area contributed by atoms with Gasteiger partial charge in [-0.2, -0.15) is 5.10 Å². The Morgan fingerprint density at radius 2 is 1.92 bits per heavy atom. The summed E-state index contributed by atoms with van der Waals surface area (Å²) in [6, 6.07) is 3.78. The van der Waals surface area contributed by atoms with E-state index in [0.717, 1.165) is 35.2 Å². The van der Waals surface area contributed by atoms with Crippen LogP contribution in [0.25, 0.3) is 22.2 Å². The Morgan fingerprint density at radius 1 is 1.14 bits per heavy atom. The molecule has 0 bridgehead atoms. The fourth-order valence-corrected chi connectivity index (χ4v) is 5.16. The number of rotatable bonds is 8. The van der Waals surface area contributed by atoms with Crippen LogP contribution in [0.5, 0.6) is 0 Å². The number of aryl methyl sites for hydroxylation is 1. The number of aromatic nitrogens is 6. The number of halogens is 1. The summed E-state index contributed by atoms with van der Waals surface area (Å²) >= 11 is 6.22. The van der Waals surface area contributed by atoms with E-state index in [9.17, 15) is 8.42 Å². The SMILES string of the molecule is CC(C)c1cnc(N2CC(CNS(C)(=O)=O)C2)c2cnc(Nc3ccnc(-c4cn(C)nc4Cl)n3)cc12. The van der Waals surface area contributed by atoms with Crippen LogP contribution in [0.2, 0.25) is 5.15 Å². The predicted octanol–water partition coefficient (Wildman–Crippen LogP) is 3.33. The molecule has 11 nitrogen and oxygen atoms in total. The normalized spacial score (nSPS) is 14.4. The first-order valence-corrected chi connectivity index (χ1v) is 14.1. The number of anilines is 3. The molecule has 0 radical (unpaired) electrons. The third-order valence-electron chi connectivity index (χ3n) is 6.23. The van der Waals surface area contributed by atoms with E-state index in [-0.39, 0.29) is 11.8 Å². The van der Waals surface area contributed by atoms with Crippen LogP contribution in [0.4, 0.5) is 17.5 Å². The van der Waals surface area contributed by atoms with Crippen LogP contribution in [-0.4, -0.2) is 64.0 Å². The summed E-state index contributed by atoms with van der Waals surface area (Å²) in [7, 11) is -1.41. The van der Waals surface area contributed by atoms with Crippen molar-refractivity contribution >= 4 is 49.9 Å². The van der Waals surface area contributed by atoms with Crippen LogP contribution in [0, 0.1) is 5.92 Å². The number of fused-ring (bicyclic) bond motifs is 1. The molecular formula is C24H28ClN9O2S. The molecule has 13 heteroatoms. The highest BCUT2D eigenvalue weighted by atomic mass is 35.5. The fraction of sp³-hybridized carbons (Fsp3) is 0.375. The number of hydrogen-bond donors (Lipinski definition) is 2. The van der Waals surface area contributed by atoms with Gasteiger partial charge in [0, 0.05) is 62.8 Å². The largest absolute Gasteiger partial charge is 0.355 e. The minimum atomic E-state index is -3.20. The lowest BCUT2D eigenvalue weighted by molar-refractivity contribution is 0.404. The molecule has 4 aromatic heterocycles. The Morgan fingerprint density at radius 3 is 2.59 bits per heavy atom. The number of nitrogens with one attached hydrogen (secondary N) is 2. The van der Waals surface area contributed by atoms with Crippen LogP contribution >= 0.6 is 11.6 Å². The van der Waals surface area contributed by atoms with Crippen LogP contribution < -0.4 is 14.9 Å². The first kappa shape index (κ1) is 25.3. The summed E-state index contributed by atoms with van der Waals surface area (Å²) < 4.78 is 27.0. The number of hydrogen-bond acceptors (Lipinski definition) is 9. The van der Waals surface area contributed by atoms with Crippen LogP contribution in [0.15, 0.2) is 36.9 Å². The molecule has 1 aliphatic rings. The fourth-order valence-electron chi connectivity index (χ4n) is 4.36. The zero-order valence-corrected chi connectivity index (χ0v) is 22.5. The summed E-state index contributed by atoms with van der Waals surface area (Å²) in [5.41, 5.74) is 1.77. The predicted molar refractivity (Wildman–Crippen MR) is 145 cm³/mol. The third kappa shape index (κ3) is 5.50. The molecule has 0 unspecified atom stereocenters. The third-order valence-corrected chi connectivity index (χ3v) is 7.20. The number of nitrogens with zero attached hydrogens (tertiary/aromatic N) is 7. The van der Waals surface area contributed by atoms with Gasteiger partial charge in [0.05, 0.1) is 11.8 Å². The van der Waals surface area contributed by atoms with E-state index >= 15 is 0 Å². The Hall–Kier alpha value is -3.35. The van der Waals surface area contributed by atoms with Crippen molar-refractivity contribution in [3.63, 3.8) is 0 Å². The monoisotopic (exact) mass is 541 g/mol. The molecule has 194 valence electrons. The van der Waals surface area contributed by atoms with Crippen molar-refractivity contribution in [2.45, 2.75) is 19.8 Å². The average Bonchev–Trinajstić information content (AvgIpc) is 3.15. The molecule has 5 heterocycles. The van der Waals surface area contributed by atoms with E-state index < -0.39 is 10.0 Å². The second-order valence-electron chi connectivity index (χ2n) is 9.60.